The van der Waals surface area contributed by atoms with E-state index >= 15 is 0 Å². The van der Waals surface area contributed by atoms with Crippen molar-refractivity contribution in [2.24, 2.45) is 5.73 Å². The Balaban J connectivity index is 2.18. The van der Waals surface area contributed by atoms with Crippen LogP contribution < -0.4 is 10.5 Å². The molecule has 0 heterocycles. The Bertz CT molecular complexity index is 596. The Morgan fingerprint density at radius 1 is 1.10 bits per heavy atom. The van der Waals surface area contributed by atoms with Crippen LogP contribution in [-0.2, 0) is 6.42 Å². The Labute approximate surface area is 136 Å². The van der Waals surface area contributed by atoms with Crippen LogP contribution in [0.2, 0.25) is 0 Å². The van der Waals surface area contributed by atoms with Gasteiger partial charge < -0.3 is 10.5 Å². The monoisotopic (exact) mass is 397 g/mol. The first kappa shape index (κ1) is 15.5. The molecule has 0 saturated carbocycles. The molecule has 0 amide bonds. The number of hydrogen-bond acceptors (Lipinski definition) is 2. The molecule has 2 nitrogen and oxygen atoms in total. The molecule has 0 spiro atoms. The van der Waals surface area contributed by atoms with Crippen LogP contribution >= 0.6 is 31.9 Å². The SMILES string of the molecule is COc1ccc(CC(N)c2cc(Br)c(C)cc2Br)cc1. The predicted molar refractivity (Wildman–Crippen MR) is 90.2 cm³/mol. The number of ether oxygens (including phenoxy) is 1. The minimum Gasteiger partial charge on any atom is -0.497 e. The van der Waals surface area contributed by atoms with E-state index in [-0.39, 0.29) is 6.04 Å². The minimum absolute atomic E-state index is 0.0466. The molecule has 4 heteroatoms. The van der Waals surface area contributed by atoms with Crippen LogP contribution in [0.3, 0.4) is 0 Å². The van der Waals surface area contributed by atoms with Crippen molar-refractivity contribution in [3.8, 4) is 5.75 Å². The lowest BCUT2D eigenvalue weighted by molar-refractivity contribution is 0.414. The highest BCUT2D eigenvalue weighted by atomic mass is 79.9. The van der Waals surface area contributed by atoms with Gasteiger partial charge in [0.15, 0.2) is 0 Å². The number of nitrogens with two attached hydrogens (primary N) is 1. The zero-order chi connectivity index (χ0) is 14.7. The average molecular weight is 399 g/mol. The van der Waals surface area contributed by atoms with Gasteiger partial charge in [-0.2, -0.15) is 0 Å². The van der Waals surface area contributed by atoms with E-state index in [1.165, 1.54) is 11.1 Å². The molecule has 106 valence electrons. The Hall–Kier alpha value is -0.840. The molecule has 1 unspecified atom stereocenters. The summed E-state index contributed by atoms with van der Waals surface area (Å²) in [6.07, 6.45) is 0.790. The van der Waals surface area contributed by atoms with E-state index < -0.39 is 0 Å². The molecule has 0 fully saturated rings. The van der Waals surface area contributed by atoms with Gasteiger partial charge in [-0.1, -0.05) is 44.0 Å². The first-order valence-electron chi connectivity index (χ1n) is 6.35. The topological polar surface area (TPSA) is 35.2 Å². The van der Waals surface area contributed by atoms with Gasteiger partial charge >= 0.3 is 0 Å². The molecule has 2 rings (SSSR count). The number of methoxy groups -OCH3 is 1. The van der Waals surface area contributed by atoms with Gasteiger partial charge in [0.25, 0.3) is 0 Å². The summed E-state index contributed by atoms with van der Waals surface area (Å²) in [4.78, 5) is 0. The number of halogens is 2. The van der Waals surface area contributed by atoms with E-state index in [0.29, 0.717) is 0 Å². The van der Waals surface area contributed by atoms with Gasteiger partial charge in [-0.15, -0.1) is 0 Å². The quantitative estimate of drug-likeness (QED) is 0.804. The van der Waals surface area contributed by atoms with Crippen molar-refractivity contribution in [1.82, 2.24) is 0 Å². The predicted octanol–water partition coefficient (Wildman–Crippen LogP) is 4.77. The third kappa shape index (κ3) is 3.62. The molecule has 2 aromatic rings. The van der Waals surface area contributed by atoms with Crippen molar-refractivity contribution < 1.29 is 4.74 Å². The second kappa shape index (κ2) is 6.74. The van der Waals surface area contributed by atoms with Gasteiger partial charge in [0.2, 0.25) is 0 Å². The van der Waals surface area contributed by atoms with E-state index in [2.05, 4.69) is 63.0 Å². The zero-order valence-electron chi connectivity index (χ0n) is 11.5. The van der Waals surface area contributed by atoms with E-state index in [0.717, 1.165) is 26.7 Å². The van der Waals surface area contributed by atoms with Crippen molar-refractivity contribution in [2.75, 3.05) is 7.11 Å². The maximum atomic E-state index is 6.34. The number of benzene rings is 2. The first-order valence-corrected chi connectivity index (χ1v) is 7.94. The summed E-state index contributed by atoms with van der Waals surface area (Å²) in [6.45, 7) is 2.06. The number of aryl methyl sites for hydroxylation is 1. The molecule has 0 aliphatic heterocycles. The second-order valence-electron chi connectivity index (χ2n) is 4.78. The van der Waals surface area contributed by atoms with E-state index in [1.807, 2.05) is 12.1 Å². The number of rotatable bonds is 4. The standard InChI is InChI=1S/C16H17Br2NO/c1-10-7-15(18)13(9-14(10)17)16(19)8-11-3-5-12(20-2)6-4-11/h3-7,9,16H,8,19H2,1-2H3. The van der Waals surface area contributed by atoms with Crippen LogP contribution in [0, 0.1) is 6.92 Å². The Kier molecular flexibility index (Phi) is 5.24. The van der Waals surface area contributed by atoms with Crippen molar-refractivity contribution in [3.63, 3.8) is 0 Å². The molecule has 2 N–H and O–H groups in total. The van der Waals surface area contributed by atoms with Gasteiger partial charge in [-0.05, 0) is 54.3 Å². The first-order chi connectivity index (χ1) is 9.51. The molecule has 0 radical (unpaired) electrons. The maximum Gasteiger partial charge on any atom is 0.118 e. The summed E-state index contributed by atoms with van der Waals surface area (Å²) in [6, 6.07) is 12.2. The van der Waals surface area contributed by atoms with Crippen molar-refractivity contribution in [2.45, 2.75) is 19.4 Å². The van der Waals surface area contributed by atoms with E-state index in [1.54, 1.807) is 7.11 Å². The summed E-state index contributed by atoms with van der Waals surface area (Å²) in [5.74, 6) is 0.863. The molecule has 20 heavy (non-hydrogen) atoms. The highest BCUT2D eigenvalue weighted by Gasteiger charge is 2.12. The van der Waals surface area contributed by atoms with Crippen LogP contribution in [0.1, 0.15) is 22.7 Å². The lowest BCUT2D eigenvalue weighted by atomic mass is 9.99. The fraction of sp³-hybridized carbons (Fsp3) is 0.250. The van der Waals surface area contributed by atoms with Crippen LogP contribution in [0.5, 0.6) is 5.75 Å². The lowest BCUT2D eigenvalue weighted by Gasteiger charge is -2.16. The highest BCUT2D eigenvalue weighted by Crippen LogP contribution is 2.30. The van der Waals surface area contributed by atoms with Crippen LogP contribution in [0.15, 0.2) is 45.3 Å². The molecule has 2 aromatic carbocycles. The van der Waals surface area contributed by atoms with Crippen LogP contribution in [0.4, 0.5) is 0 Å². The normalized spacial score (nSPS) is 12.2. The van der Waals surface area contributed by atoms with Gasteiger partial charge in [0.05, 0.1) is 7.11 Å². The average Bonchev–Trinajstić information content (AvgIpc) is 2.43. The van der Waals surface area contributed by atoms with E-state index in [4.69, 9.17) is 10.5 Å². The fourth-order valence-electron chi connectivity index (χ4n) is 2.07. The fourth-order valence-corrected chi connectivity index (χ4v) is 3.18. The van der Waals surface area contributed by atoms with Crippen molar-refractivity contribution >= 4 is 31.9 Å². The van der Waals surface area contributed by atoms with Gasteiger partial charge in [-0.3, -0.25) is 0 Å². The molecule has 0 bridgehead atoms. The van der Waals surface area contributed by atoms with Gasteiger partial charge in [0.1, 0.15) is 5.75 Å². The third-order valence-electron chi connectivity index (χ3n) is 3.29. The van der Waals surface area contributed by atoms with Crippen LogP contribution in [-0.4, -0.2) is 7.11 Å². The molecular weight excluding hydrogens is 382 g/mol. The summed E-state index contributed by atoms with van der Waals surface area (Å²) in [7, 11) is 1.67. The molecule has 0 aliphatic rings. The highest BCUT2D eigenvalue weighted by molar-refractivity contribution is 9.11. The van der Waals surface area contributed by atoms with Gasteiger partial charge in [-0.25, -0.2) is 0 Å². The van der Waals surface area contributed by atoms with Crippen molar-refractivity contribution in [3.05, 3.63) is 62.0 Å². The molecule has 0 aliphatic carbocycles. The summed E-state index contributed by atoms with van der Waals surface area (Å²) < 4.78 is 7.30. The van der Waals surface area contributed by atoms with Gasteiger partial charge in [0, 0.05) is 15.0 Å². The molecular formula is C16H17Br2NO. The van der Waals surface area contributed by atoms with E-state index in [9.17, 15) is 0 Å². The third-order valence-corrected chi connectivity index (χ3v) is 4.83. The smallest absolute Gasteiger partial charge is 0.118 e. The Morgan fingerprint density at radius 3 is 2.35 bits per heavy atom. The minimum atomic E-state index is -0.0466. The largest absolute Gasteiger partial charge is 0.497 e. The Morgan fingerprint density at radius 2 is 1.75 bits per heavy atom. The lowest BCUT2D eigenvalue weighted by Crippen LogP contribution is -2.14. The second-order valence-corrected chi connectivity index (χ2v) is 6.49. The molecule has 0 saturated heterocycles. The van der Waals surface area contributed by atoms with Crippen LogP contribution in [0.25, 0.3) is 0 Å². The zero-order valence-corrected chi connectivity index (χ0v) is 14.7. The molecule has 0 aromatic heterocycles. The maximum absolute atomic E-state index is 6.34. The van der Waals surface area contributed by atoms with Crippen molar-refractivity contribution in [1.29, 1.82) is 0 Å². The summed E-state index contributed by atoms with van der Waals surface area (Å²) >= 11 is 7.16. The molecule has 1 atom stereocenters. The summed E-state index contributed by atoms with van der Waals surface area (Å²) in [5, 5.41) is 0. The summed E-state index contributed by atoms with van der Waals surface area (Å²) in [5.41, 5.74) is 9.83. The number of hydrogen-bond donors (Lipinski definition) is 1.